The van der Waals surface area contributed by atoms with Gasteiger partial charge in [-0.25, -0.2) is 0 Å². The average Bonchev–Trinajstić information content (AvgIpc) is 2.72. The van der Waals surface area contributed by atoms with Crippen molar-refractivity contribution in [1.82, 2.24) is 5.32 Å². The van der Waals surface area contributed by atoms with E-state index in [9.17, 15) is 19.7 Å². The predicted molar refractivity (Wildman–Crippen MR) is 106 cm³/mol. The minimum Gasteiger partial charge on any atom is -0.493 e. The molecule has 1 aliphatic rings. The van der Waals surface area contributed by atoms with E-state index in [2.05, 4.69) is 10.6 Å². The van der Waals surface area contributed by atoms with Gasteiger partial charge in [0, 0.05) is 29.8 Å². The topological polar surface area (TPSA) is 120 Å². The summed E-state index contributed by atoms with van der Waals surface area (Å²) >= 11 is 0. The number of nitrogens with one attached hydrogen (secondary N) is 2. The Balaban J connectivity index is 1.69. The Kier molecular flexibility index (Phi) is 5.96. The van der Waals surface area contributed by atoms with Crippen LogP contribution in [0.15, 0.2) is 30.3 Å². The summed E-state index contributed by atoms with van der Waals surface area (Å²) in [5, 5.41) is 16.9. The first kappa shape index (κ1) is 20.1. The van der Waals surface area contributed by atoms with Crippen molar-refractivity contribution in [3.05, 3.63) is 57.1 Å². The number of methoxy groups -OCH3 is 2. The lowest BCUT2D eigenvalue weighted by atomic mass is 10.00. The fraction of sp³-hybridized carbons (Fsp3) is 0.300. The van der Waals surface area contributed by atoms with Crippen LogP contribution < -0.4 is 20.1 Å². The number of hydrogen-bond acceptors (Lipinski definition) is 6. The quantitative estimate of drug-likeness (QED) is 0.545. The second-order valence-electron chi connectivity index (χ2n) is 6.52. The Morgan fingerprint density at radius 1 is 1.17 bits per heavy atom. The molecule has 3 rings (SSSR count). The molecule has 2 aromatic carbocycles. The van der Waals surface area contributed by atoms with Crippen molar-refractivity contribution < 1.29 is 24.0 Å². The standard InChI is InChI=1S/C20H21N3O6/c1-28-17-10-13(16(23(26)27)11-18(17)29-2)7-8-21-20(25)14-3-5-15-12(9-14)4-6-19(24)22-15/h3,5,9-11H,4,6-8H2,1-2H3,(H,21,25)(H,22,24). The number of nitro groups is 1. The number of nitro benzene ring substituents is 1. The first-order valence-corrected chi connectivity index (χ1v) is 9.03. The van der Waals surface area contributed by atoms with Crippen molar-refractivity contribution in [2.24, 2.45) is 0 Å². The minimum absolute atomic E-state index is 0.0359. The van der Waals surface area contributed by atoms with Crippen LogP contribution in [0.5, 0.6) is 11.5 Å². The van der Waals surface area contributed by atoms with Crippen LogP contribution in [0.2, 0.25) is 0 Å². The first-order valence-electron chi connectivity index (χ1n) is 9.03. The fourth-order valence-electron chi connectivity index (χ4n) is 3.22. The molecule has 0 aromatic heterocycles. The second-order valence-corrected chi connectivity index (χ2v) is 6.52. The lowest BCUT2D eigenvalue weighted by Gasteiger charge is -2.17. The summed E-state index contributed by atoms with van der Waals surface area (Å²) in [6, 6.07) is 7.96. The van der Waals surface area contributed by atoms with Crippen molar-refractivity contribution >= 4 is 23.2 Å². The molecule has 0 atom stereocenters. The van der Waals surface area contributed by atoms with Crippen LogP contribution in [0.1, 0.15) is 27.9 Å². The molecule has 0 saturated carbocycles. The molecule has 9 nitrogen and oxygen atoms in total. The summed E-state index contributed by atoms with van der Waals surface area (Å²) in [5.41, 5.74) is 2.44. The average molecular weight is 399 g/mol. The highest BCUT2D eigenvalue weighted by Crippen LogP contribution is 2.34. The third-order valence-corrected chi connectivity index (χ3v) is 4.72. The monoisotopic (exact) mass is 399 g/mol. The van der Waals surface area contributed by atoms with Gasteiger partial charge in [-0.05, 0) is 42.7 Å². The summed E-state index contributed by atoms with van der Waals surface area (Å²) in [6.45, 7) is 0.211. The summed E-state index contributed by atoms with van der Waals surface area (Å²) in [7, 11) is 2.86. The van der Waals surface area contributed by atoms with Gasteiger partial charge >= 0.3 is 0 Å². The Labute approximate surface area is 167 Å². The lowest BCUT2D eigenvalue weighted by molar-refractivity contribution is -0.385. The Bertz CT molecular complexity index is 973. The molecule has 2 aromatic rings. The number of hydrogen-bond donors (Lipinski definition) is 2. The number of nitrogens with zero attached hydrogens (tertiary/aromatic N) is 1. The lowest BCUT2D eigenvalue weighted by Crippen LogP contribution is -2.26. The maximum Gasteiger partial charge on any atom is 0.276 e. The molecule has 0 spiro atoms. The third kappa shape index (κ3) is 4.45. The van der Waals surface area contributed by atoms with Crippen molar-refractivity contribution in [1.29, 1.82) is 0 Å². The summed E-state index contributed by atoms with van der Waals surface area (Å²) < 4.78 is 10.3. The van der Waals surface area contributed by atoms with E-state index in [1.165, 1.54) is 20.3 Å². The van der Waals surface area contributed by atoms with Gasteiger partial charge in [-0.1, -0.05) is 0 Å². The summed E-state index contributed by atoms with van der Waals surface area (Å²) in [4.78, 5) is 34.7. The van der Waals surface area contributed by atoms with Crippen molar-refractivity contribution in [3.63, 3.8) is 0 Å². The van der Waals surface area contributed by atoms with E-state index in [1.54, 1.807) is 24.3 Å². The van der Waals surface area contributed by atoms with Crippen LogP contribution >= 0.6 is 0 Å². The Morgan fingerprint density at radius 2 is 1.90 bits per heavy atom. The molecule has 152 valence electrons. The molecule has 0 fully saturated rings. The van der Waals surface area contributed by atoms with Crippen LogP contribution in [0, 0.1) is 10.1 Å². The molecule has 29 heavy (non-hydrogen) atoms. The summed E-state index contributed by atoms with van der Waals surface area (Å²) in [6.07, 6.45) is 1.23. The largest absolute Gasteiger partial charge is 0.493 e. The van der Waals surface area contributed by atoms with Gasteiger partial charge in [-0.2, -0.15) is 0 Å². The number of anilines is 1. The van der Waals surface area contributed by atoms with Gasteiger partial charge < -0.3 is 20.1 Å². The molecule has 1 heterocycles. The van der Waals surface area contributed by atoms with Gasteiger partial charge in [-0.15, -0.1) is 0 Å². The van der Waals surface area contributed by atoms with Crippen LogP contribution in [-0.4, -0.2) is 37.5 Å². The zero-order valence-corrected chi connectivity index (χ0v) is 16.1. The molecule has 0 saturated heterocycles. The first-order chi connectivity index (χ1) is 13.9. The Morgan fingerprint density at radius 3 is 2.59 bits per heavy atom. The molecule has 2 amide bonds. The van der Waals surface area contributed by atoms with Gasteiger partial charge in [0.1, 0.15) is 0 Å². The van der Waals surface area contributed by atoms with Crippen molar-refractivity contribution in [3.8, 4) is 11.5 Å². The van der Waals surface area contributed by atoms with Gasteiger partial charge in [0.2, 0.25) is 5.91 Å². The number of carbonyl (C=O) groups excluding carboxylic acids is 2. The van der Waals surface area contributed by atoms with Crippen LogP contribution in [0.25, 0.3) is 0 Å². The molecular weight excluding hydrogens is 378 g/mol. The fourth-order valence-corrected chi connectivity index (χ4v) is 3.22. The molecule has 1 aliphatic heterocycles. The van der Waals surface area contributed by atoms with E-state index in [1.807, 2.05) is 0 Å². The molecule has 9 heteroatoms. The van der Waals surface area contributed by atoms with Crippen molar-refractivity contribution in [2.75, 3.05) is 26.1 Å². The van der Waals surface area contributed by atoms with E-state index in [0.29, 0.717) is 29.7 Å². The number of amides is 2. The van der Waals surface area contributed by atoms with Gasteiger partial charge in [0.15, 0.2) is 11.5 Å². The summed E-state index contributed by atoms with van der Waals surface area (Å²) in [5.74, 6) is 0.336. The number of aryl methyl sites for hydroxylation is 1. The van der Waals surface area contributed by atoms with E-state index < -0.39 is 4.92 Å². The van der Waals surface area contributed by atoms with Crippen molar-refractivity contribution in [2.45, 2.75) is 19.3 Å². The molecule has 0 aliphatic carbocycles. The highest BCUT2D eigenvalue weighted by atomic mass is 16.6. The normalized spacial score (nSPS) is 12.6. The maximum absolute atomic E-state index is 12.5. The zero-order valence-electron chi connectivity index (χ0n) is 16.1. The number of carbonyl (C=O) groups is 2. The van der Waals surface area contributed by atoms with E-state index in [-0.39, 0.29) is 36.2 Å². The van der Waals surface area contributed by atoms with Gasteiger partial charge in [-0.3, -0.25) is 19.7 Å². The molecule has 0 unspecified atom stereocenters. The number of ether oxygens (including phenoxy) is 2. The second kappa shape index (κ2) is 8.59. The number of benzene rings is 2. The van der Waals surface area contributed by atoms with E-state index in [0.717, 1.165) is 11.3 Å². The van der Waals surface area contributed by atoms with Crippen LogP contribution in [0.4, 0.5) is 11.4 Å². The smallest absolute Gasteiger partial charge is 0.276 e. The predicted octanol–water partition coefficient (Wildman–Crippen LogP) is 2.47. The Hall–Kier alpha value is -3.62. The zero-order chi connectivity index (χ0) is 21.0. The molecule has 0 bridgehead atoms. The van der Waals surface area contributed by atoms with Crippen LogP contribution in [0.3, 0.4) is 0 Å². The molecular formula is C20H21N3O6. The SMILES string of the molecule is COc1cc(CCNC(=O)c2ccc3c(c2)CCC(=O)N3)c([N+](=O)[O-])cc1OC. The highest BCUT2D eigenvalue weighted by Gasteiger charge is 2.20. The van der Waals surface area contributed by atoms with E-state index in [4.69, 9.17) is 9.47 Å². The third-order valence-electron chi connectivity index (χ3n) is 4.72. The number of rotatable bonds is 7. The highest BCUT2D eigenvalue weighted by molar-refractivity contribution is 5.97. The maximum atomic E-state index is 12.5. The van der Waals surface area contributed by atoms with E-state index >= 15 is 0 Å². The van der Waals surface area contributed by atoms with Gasteiger partial charge in [0.05, 0.1) is 25.2 Å². The molecule has 2 N–H and O–H groups in total. The molecule has 0 radical (unpaired) electrons. The van der Waals surface area contributed by atoms with Gasteiger partial charge in [0.25, 0.3) is 11.6 Å². The van der Waals surface area contributed by atoms with Crippen LogP contribution in [-0.2, 0) is 17.6 Å². The minimum atomic E-state index is -0.489. The number of fused-ring (bicyclic) bond motifs is 1.